The molecule has 1 unspecified atom stereocenters. The fourth-order valence-electron chi connectivity index (χ4n) is 2.46. The smallest absolute Gasteiger partial charge is 0.396 e. The van der Waals surface area contributed by atoms with Crippen LogP contribution in [0.5, 0.6) is 0 Å². The van der Waals surface area contributed by atoms with Gasteiger partial charge in [-0.2, -0.15) is 18.3 Å². The Kier molecular flexibility index (Phi) is 3.44. The second-order valence-corrected chi connectivity index (χ2v) is 5.19. The zero-order chi connectivity index (χ0) is 15.0. The number of fused-ring (bicyclic) bond motifs is 1. The van der Waals surface area contributed by atoms with E-state index in [1.165, 1.54) is 12.1 Å². The molecule has 0 aliphatic carbocycles. The molecule has 1 N–H and O–H groups in total. The molecule has 112 valence electrons. The van der Waals surface area contributed by atoms with Crippen molar-refractivity contribution >= 4 is 0 Å². The van der Waals surface area contributed by atoms with E-state index in [2.05, 4.69) is 10.1 Å². The lowest BCUT2D eigenvalue weighted by Crippen LogP contribution is -2.22. The standard InChI is InChI=1S/C14H14F3N3O/c15-14(16,17)11-3-1-10(2-4-11)13-18-12-7-9(8-21)5-6-20(12)19-13/h1-4,9,21H,5-8H2. The first kappa shape index (κ1) is 14.1. The maximum Gasteiger partial charge on any atom is 0.416 e. The van der Waals surface area contributed by atoms with Gasteiger partial charge in [0.15, 0.2) is 5.82 Å². The first-order chi connectivity index (χ1) is 9.97. The number of aliphatic hydroxyl groups is 1. The average Bonchev–Trinajstić information content (AvgIpc) is 2.89. The highest BCUT2D eigenvalue weighted by molar-refractivity contribution is 5.55. The molecule has 7 heteroatoms. The number of hydrogen-bond donors (Lipinski definition) is 1. The number of aromatic nitrogens is 3. The Hall–Kier alpha value is -1.89. The maximum absolute atomic E-state index is 12.5. The molecule has 0 radical (unpaired) electrons. The number of hydrogen-bond acceptors (Lipinski definition) is 3. The van der Waals surface area contributed by atoms with Crippen molar-refractivity contribution in [3.05, 3.63) is 35.7 Å². The van der Waals surface area contributed by atoms with Crippen LogP contribution in [-0.4, -0.2) is 26.5 Å². The van der Waals surface area contributed by atoms with Crippen LogP contribution in [0.15, 0.2) is 24.3 Å². The van der Waals surface area contributed by atoms with Gasteiger partial charge < -0.3 is 5.11 Å². The van der Waals surface area contributed by atoms with E-state index in [4.69, 9.17) is 0 Å². The topological polar surface area (TPSA) is 50.9 Å². The highest BCUT2D eigenvalue weighted by Crippen LogP contribution is 2.30. The summed E-state index contributed by atoms with van der Waals surface area (Å²) in [5, 5.41) is 13.5. The fraction of sp³-hybridized carbons (Fsp3) is 0.429. The molecule has 0 saturated carbocycles. The van der Waals surface area contributed by atoms with Crippen LogP contribution in [0.4, 0.5) is 13.2 Å². The summed E-state index contributed by atoms with van der Waals surface area (Å²) in [5.41, 5.74) is -0.124. The van der Waals surface area contributed by atoms with Gasteiger partial charge >= 0.3 is 6.18 Å². The Morgan fingerprint density at radius 1 is 1.24 bits per heavy atom. The van der Waals surface area contributed by atoms with E-state index >= 15 is 0 Å². The molecule has 4 nitrogen and oxygen atoms in total. The molecular formula is C14H14F3N3O. The van der Waals surface area contributed by atoms with Crippen LogP contribution in [0.2, 0.25) is 0 Å². The SMILES string of the molecule is OCC1CCn2nc(-c3ccc(C(F)(F)F)cc3)nc2C1. The Morgan fingerprint density at radius 2 is 1.95 bits per heavy atom. The monoisotopic (exact) mass is 297 g/mol. The largest absolute Gasteiger partial charge is 0.416 e. The number of alkyl halides is 3. The van der Waals surface area contributed by atoms with Gasteiger partial charge in [0.05, 0.1) is 5.56 Å². The summed E-state index contributed by atoms with van der Waals surface area (Å²) in [7, 11) is 0. The summed E-state index contributed by atoms with van der Waals surface area (Å²) in [6.07, 6.45) is -2.86. The number of rotatable bonds is 2. The Labute approximate surface area is 119 Å². The lowest BCUT2D eigenvalue weighted by molar-refractivity contribution is -0.137. The lowest BCUT2D eigenvalue weighted by atomic mass is 9.99. The van der Waals surface area contributed by atoms with Gasteiger partial charge in [-0.25, -0.2) is 9.67 Å². The normalized spacial score (nSPS) is 18.6. The van der Waals surface area contributed by atoms with Crippen molar-refractivity contribution in [2.24, 2.45) is 5.92 Å². The number of benzene rings is 1. The first-order valence-electron chi connectivity index (χ1n) is 6.69. The Bertz CT molecular complexity index is 634. The molecule has 2 aromatic rings. The third-order valence-electron chi connectivity index (χ3n) is 3.70. The minimum Gasteiger partial charge on any atom is -0.396 e. The van der Waals surface area contributed by atoms with E-state index in [9.17, 15) is 18.3 Å². The van der Waals surface area contributed by atoms with Crippen LogP contribution in [0.25, 0.3) is 11.4 Å². The van der Waals surface area contributed by atoms with Gasteiger partial charge in [0.1, 0.15) is 5.82 Å². The zero-order valence-corrected chi connectivity index (χ0v) is 11.1. The highest BCUT2D eigenvalue weighted by Gasteiger charge is 2.30. The van der Waals surface area contributed by atoms with Gasteiger partial charge in [-0.15, -0.1) is 0 Å². The molecule has 0 saturated heterocycles. The predicted molar refractivity (Wildman–Crippen MR) is 69.4 cm³/mol. The molecule has 0 bridgehead atoms. The van der Waals surface area contributed by atoms with Crippen LogP contribution >= 0.6 is 0 Å². The summed E-state index contributed by atoms with van der Waals surface area (Å²) >= 11 is 0. The zero-order valence-electron chi connectivity index (χ0n) is 11.1. The van der Waals surface area contributed by atoms with Crippen LogP contribution in [0, 0.1) is 5.92 Å². The number of aliphatic hydroxyl groups excluding tert-OH is 1. The molecule has 1 aliphatic rings. The van der Waals surface area contributed by atoms with E-state index in [-0.39, 0.29) is 12.5 Å². The molecule has 0 amide bonds. The molecule has 0 fully saturated rings. The van der Waals surface area contributed by atoms with Gasteiger partial charge in [0, 0.05) is 25.1 Å². The van der Waals surface area contributed by atoms with E-state index < -0.39 is 11.7 Å². The van der Waals surface area contributed by atoms with Crippen LogP contribution in [0.1, 0.15) is 17.8 Å². The molecule has 1 aromatic heterocycles. The van der Waals surface area contributed by atoms with Gasteiger partial charge in [-0.1, -0.05) is 12.1 Å². The van der Waals surface area contributed by atoms with E-state index in [1.54, 1.807) is 4.68 Å². The van der Waals surface area contributed by atoms with Crippen molar-refractivity contribution in [3.8, 4) is 11.4 Å². The third kappa shape index (κ3) is 2.78. The minimum atomic E-state index is -4.34. The van der Waals surface area contributed by atoms with Crippen LogP contribution < -0.4 is 0 Å². The molecule has 0 spiro atoms. The summed E-state index contributed by atoms with van der Waals surface area (Å²) < 4.78 is 39.4. The minimum absolute atomic E-state index is 0.114. The summed E-state index contributed by atoms with van der Waals surface area (Å²) in [5.74, 6) is 1.38. The van der Waals surface area contributed by atoms with Crippen molar-refractivity contribution < 1.29 is 18.3 Å². The Morgan fingerprint density at radius 3 is 2.57 bits per heavy atom. The van der Waals surface area contributed by atoms with Gasteiger partial charge in [-0.3, -0.25) is 0 Å². The van der Waals surface area contributed by atoms with E-state index in [0.29, 0.717) is 24.4 Å². The molecule has 1 atom stereocenters. The summed E-state index contributed by atoms with van der Waals surface area (Å²) in [6.45, 7) is 0.788. The van der Waals surface area contributed by atoms with Crippen molar-refractivity contribution in [1.82, 2.24) is 14.8 Å². The highest BCUT2D eigenvalue weighted by atomic mass is 19.4. The van der Waals surface area contributed by atoms with Gasteiger partial charge in [0.2, 0.25) is 0 Å². The first-order valence-corrected chi connectivity index (χ1v) is 6.69. The molecule has 1 aromatic carbocycles. The van der Waals surface area contributed by atoms with Gasteiger partial charge in [-0.05, 0) is 24.5 Å². The molecule has 2 heterocycles. The van der Waals surface area contributed by atoms with Crippen molar-refractivity contribution in [2.75, 3.05) is 6.61 Å². The van der Waals surface area contributed by atoms with E-state index in [1.807, 2.05) is 0 Å². The number of halogens is 3. The maximum atomic E-state index is 12.5. The van der Waals surface area contributed by atoms with Crippen molar-refractivity contribution in [2.45, 2.75) is 25.6 Å². The Balaban J connectivity index is 1.87. The van der Waals surface area contributed by atoms with Crippen LogP contribution in [-0.2, 0) is 19.1 Å². The van der Waals surface area contributed by atoms with Gasteiger partial charge in [0.25, 0.3) is 0 Å². The summed E-state index contributed by atoms with van der Waals surface area (Å²) in [6, 6.07) is 4.83. The molecule has 21 heavy (non-hydrogen) atoms. The fourth-order valence-corrected chi connectivity index (χ4v) is 2.46. The predicted octanol–water partition coefficient (Wildman–Crippen LogP) is 2.52. The second-order valence-electron chi connectivity index (χ2n) is 5.19. The average molecular weight is 297 g/mol. The van der Waals surface area contributed by atoms with Crippen molar-refractivity contribution in [1.29, 1.82) is 0 Å². The third-order valence-corrected chi connectivity index (χ3v) is 3.70. The molecule has 1 aliphatic heterocycles. The molecule has 3 rings (SSSR count). The molecular weight excluding hydrogens is 283 g/mol. The van der Waals surface area contributed by atoms with Crippen LogP contribution in [0.3, 0.4) is 0 Å². The quantitative estimate of drug-likeness (QED) is 0.926. The lowest BCUT2D eigenvalue weighted by Gasteiger charge is -2.19. The summed E-state index contributed by atoms with van der Waals surface area (Å²) in [4.78, 5) is 4.37. The second kappa shape index (κ2) is 5.14. The number of aryl methyl sites for hydroxylation is 1. The van der Waals surface area contributed by atoms with Crippen molar-refractivity contribution in [3.63, 3.8) is 0 Å². The van der Waals surface area contributed by atoms with E-state index in [0.717, 1.165) is 24.4 Å². The number of nitrogens with zero attached hydrogens (tertiary/aromatic N) is 3.